The van der Waals surface area contributed by atoms with E-state index in [2.05, 4.69) is 5.32 Å². The van der Waals surface area contributed by atoms with Gasteiger partial charge in [-0.05, 0) is 73.5 Å². The Labute approximate surface area is 242 Å². The van der Waals surface area contributed by atoms with Crippen molar-refractivity contribution in [1.29, 1.82) is 0 Å². The van der Waals surface area contributed by atoms with Crippen molar-refractivity contribution in [3.05, 3.63) is 88.9 Å². The lowest BCUT2D eigenvalue weighted by Gasteiger charge is -2.32. The van der Waals surface area contributed by atoms with Crippen molar-refractivity contribution < 1.29 is 23.9 Å². The van der Waals surface area contributed by atoms with Crippen molar-refractivity contribution in [3.8, 4) is 5.75 Å². The highest BCUT2D eigenvalue weighted by atomic mass is 35.5. The number of carbonyl (C=O) groups is 3. The largest absolute Gasteiger partial charge is 0.494 e. The number of ether oxygens (including phenoxy) is 2. The fourth-order valence-electron chi connectivity index (χ4n) is 3.87. The van der Waals surface area contributed by atoms with Crippen LogP contribution in [0.4, 0.5) is 11.4 Å². The summed E-state index contributed by atoms with van der Waals surface area (Å²) in [6.45, 7) is 4.87. The van der Waals surface area contributed by atoms with Gasteiger partial charge in [0.1, 0.15) is 11.0 Å². The Bertz CT molecular complexity index is 1380. The lowest BCUT2D eigenvalue weighted by atomic mass is 10.2. The second kappa shape index (κ2) is 14.0. The van der Waals surface area contributed by atoms with Gasteiger partial charge in [0.2, 0.25) is 11.8 Å². The van der Waals surface area contributed by atoms with Crippen molar-refractivity contribution in [3.63, 3.8) is 0 Å². The maximum atomic E-state index is 13.4. The standard InChI is InChI=1S/C30H30ClN3O5S/c1-3-17-39-24-15-13-22(14-16-24)32-28(36)26-18-27(35)34(19-21-7-5-6-8-25(21)31)30(40-26)33-23-11-9-20(10-12-23)29(37)38-4-2/h5-16,26H,3-4,17-19H2,1-2H3,(H,32,36). The molecule has 1 unspecified atom stereocenters. The van der Waals surface area contributed by atoms with Gasteiger partial charge in [0, 0.05) is 17.1 Å². The number of hydrogen-bond acceptors (Lipinski definition) is 7. The summed E-state index contributed by atoms with van der Waals surface area (Å²) in [5.74, 6) is -0.251. The summed E-state index contributed by atoms with van der Waals surface area (Å²) >= 11 is 7.59. The third-order valence-corrected chi connectivity index (χ3v) is 7.47. The summed E-state index contributed by atoms with van der Waals surface area (Å²) in [5.41, 5.74) is 2.29. The van der Waals surface area contributed by atoms with Gasteiger partial charge < -0.3 is 14.8 Å². The van der Waals surface area contributed by atoms with Crippen molar-refractivity contribution in [2.24, 2.45) is 4.99 Å². The van der Waals surface area contributed by atoms with E-state index in [1.807, 2.05) is 25.1 Å². The van der Waals surface area contributed by atoms with Crippen LogP contribution in [0, 0.1) is 0 Å². The molecule has 208 valence electrons. The molecule has 0 bridgehead atoms. The van der Waals surface area contributed by atoms with E-state index in [-0.39, 0.29) is 31.4 Å². The number of carbonyl (C=O) groups excluding carboxylic acids is 3. The molecule has 1 fully saturated rings. The average Bonchev–Trinajstić information content (AvgIpc) is 2.95. The molecule has 0 radical (unpaired) electrons. The number of amides is 2. The van der Waals surface area contributed by atoms with Crippen molar-refractivity contribution in [2.75, 3.05) is 18.5 Å². The molecular weight excluding hydrogens is 550 g/mol. The van der Waals surface area contributed by atoms with Crippen LogP contribution in [0.1, 0.15) is 42.6 Å². The predicted octanol–water partition coefficient (Wildman–Crippen LogP) is 6.47. The van der Waals surface area contributed by atoms with Crippen LogP contribution in [-0.4, -0.2) is 46.3 Å². The first-order valence-corrected chi connectivity index (χ1v) is 14.2. The molecular formula is C30H30ClN3O5S. The Morgan fingerprint density at radius 1 is 1.05 bits per heavy atom. The van der Waals surface area contributed by atoms with Crippen LogP contribution >= 0.6 is 23.4 Å². The molecule has 2 amide bonds. The van der Waals surface area contributed by atoms with Gasteiger partial charge in [0.05, 0.1) is 31.0 Å². The zero-order chi connectivity index (χ0) is 28.5. The zero-order valence-corrected chi connectivity index (χ0v) is 23.8. The maximum Gasteiger partial charge on any atom is 0.338 e. The van der Waals surface area contributed by atoms with Gasteiger partial charge in [-0.25, -0.2) is 9.79 Å². The van der Waals surface area contributed by atoms with Crippen LogP contribution in [0.15, 0.2) is 77.8 Å². The number of anilines is 1. The summed E-state index contributed by atoms with van der Waals surface area (Å²) in [4.78, 5) is 44.8. The molecule has 0 saturated carbocycles. The smallest absolute Gasteiger partial charge is 0.338 e. The monoisotopic (exact) mass is 579 g/mol. The van der Waals surface area contributed by atoms with Crippen molar-refractivity contribution in [1.82, 2.24) is 4.90 Å². The molecule has 0 aromatic heterocycles. The molecule has 8 nitrogen and oxygen atoms in total. The molecule has 0 aliphatic carbocycles. The number of halogens is 1. The Morgan fingerprint density at radius 3 is 2.45 bits per heavy atom. The number of nitrogens with zero attached hydrogens (tertiary/aromatic N) is 2. The molecule has 1 aliphatic rings. The highest BCUT2D eigenvalue weighted by molar-refractivity contribution is 8.15. The van der Waals surface area contributed by atoms with E-state index in [9.17, 15) is 14.4 Å². The van der Waals surface area contributed by atoms with Gasteiger partial charge in [-0.15, -0.1) is 0 Å². The first kappa shape index (κ1) is 29.2. The Balaban J connectivity index is 1.56. The summed E-state index contributed by atoms with van der Waals surface area (Å²) in [5, 5.41) is 3.10. The van der Waals surface area contributed by atoms with Gasteiger partial charge in [-0.1, -0.05) is 48.5 Å². The number of amidine groups is 1. The lowest BCUT2D eigenvalue weighted by molar-refractivity contribution is -0.129. The quantitative estimate of drug-likeness (QED) is 0.277. The van der Waals surface area contributed by atoms with E-state index < -0.39 is 11.2 Å². The third kappa shape index (κ3) is 7.64. The first-order chi connectivity index (χ1) is 19.4. The summed E-state index contributed by atoms with van der Waals surface area (Å²) in [6, 6.07) is 21.0. The molecule has 1 atom stereocenters. The molecule has 10 heteroatoms. The molecule has 1 N–H and O–H groups in total. The summed E-state index contributed by atoms with van der Waals surface area (Å²) in [6.07, 6.45) is 0.901. The lowest BCUT2D eigenvalue weighted by Crippen LogP contribution is -2.44. The van der Waals surface area contributed by atoms with E-state index in [1.165, 1.54) is 16.7 Å². The van der Waals surface area contributed by atoms with Gasteiger partial charge in [0.15, 0.2) is 5.17 Å². The Hall–Kier alpha value is -3.82. The van der Waals surface area contributed by atoms with Crippen LogP contribution in [-0.2, 0) is 20.9 Å². The molecule has 1 saturated heterocycles. The number of rotatable bonds is 10. The van der Waals surface area contributed by atoms with Gasteiger partial charge >= 0.3 is 5.97 Å². The Morgan fingerprint density at radius 2 is 1.77 bits per heavy atom. The van der Waals surface area contributed by atoms with E-state index in [1.54, 1.807) is 61.5 Å². The van der Waals surface area contributed by atoms with Gasteiger partial charge in [-0.2, -0.15) is 0 Å². The average molecular weight is 580 g/mol. The number of thioether (sulfide) groups is 1. The minimum Gasteiger partial charge on any atom is -0.494 e. The number of aliphatic imine (C=N–C) groups is 1. The summed E-state index contributed by atoms with van der Waals surface area (Å²) in [7, 11) is 0. The van der Waals surface area contributed by atoms with Crippen LogP contribution in [0.2, 0.25) is 5.02 Å². The van der Waals surface area contributed by atoms with Crippen LogP contribution in [0.5, 0.6) is 5.75 Å². The van der Waals surface area contributed by atoms with E-state index >= 15 is 0 Å². The molecule has 0 spiro atoms. The fourth-order valence-corrected chi connectivity index (χ4v) is 5.16. The SMILES string of the molecule is CCCOc1ccc(NC(=O)C2CC(=O)N(Cc3ccccc3Cl)C(=Nc3ccc(C(=O)OCC)cc3)S2)cc1. The molecule has 3 aromatic carbocycles. The van der Waals surface area contributed by atoms with Crippen LogP contribution in [0.25, 0.3) is 0 Å². The molecule has 1 aliphatic heterocycles. The second-order valence-electron chi connectivity index (χ2n) is 8.91. The topological polar surface area (TPSA) is 97.3 Å². The first-order valence-electron chi connectivity index (χ1n) is 13.0. The highest BCUT2D eigenvalue weighted by Crippen LogP contribution is 2.32. The van der Waals surface area contributed by atoms with E-state index in [4.69, 9.17) is 26.1 Å². The van der Waals surface area contributed by atoms with Gasteiger partial charge in [-0.3, -0.25) is 14.5 Å². The third-order valence-electron chi connectivity index (χ3n) is 5.92. The summed E-state index contributed by atoms with van der Waals surface area (Å²) < 4.78 is 10.6. The van der Waals surface area contributed by atoms with Gasteiger partial charge in [0.25, 0.3) is 0 Å². The molecule has 40 heavy (non-hydrogen) atoms. The maximum absolute atomic E-state index is 13.4. The predicted molar refractivity (Wildman–Crippen MR) is 158 cm³/mol. The zero-order valence-electron chi connectivity index (χ0n) is 22.3. The minimum atomic E-state index is -0.691. The number of hydrogen-bond donors (Lipinski definition) is 1. The highest BCUT2D eigenvalue weighted by Gasteiger charge is 2.36. The molecule has 3 aromatic rings. The number of nitrogens with one attached hydrogen (secondary N) is 1. The van der Waals surface area contributed by atoms with Crippen molar-refractivity contribution in [2.45, 2.75) is 38.5 Å². The van der Waals surface area contributed by atoms with Crippen LogP contribution < -0.4 is 10.1 Å². The van der Waals surface area contributed by atoms with E-state index in [0.717, 1.165) is 17.7 Å². The minimum absolute atomic E-state index is 0.000532. The second-order valence-corrected chi connectivity index (χ2v) is 10.5. The fraction of sp³-hybridized carbons (Fsp3) is 0.267. The van der Waals surface area contributed by atoms with Crippen molar-refractivity contribution >= 4 is 57.7 Å². The van der Waals surface area contributed by atoms with E-state index in [0.29, 0.717) is 33.7 Å². The number of benzene rings is 3. The van der Waals surface area contributed by atoms with Crippen LogP contribution in [0.3, 0.4) is 0 Å². The Kier molecular flexibility index (Phi) is 10.2. The molecule has 1 heterocycles. The normalized spacial score (nSPS) is 16.1. The molecule has 4 rings (SSSR count). The number of esters is 1.